The fourth-order valence-corrected chi connectivity index (χ4v) is 1.27. The van der Waals surface area contributed by atoms with Crippen LogP contribution >= 0.6 is 0 Å². The van der Waals surface area contributed by atoms with Crippen molar-refractivity contribution >= 4 is 0 Å². The summed E-state index contributed by atoms with van der Waals surface area (Å²) in [4.78, 5) is 0. The van der Waals surface area contributed by atoms with Crippen LogP contribution in [0.1, 0.15) is 22.7 Å². The minimum atomic E-state index is -0.443. The number of rotatable bonds is 2. The van der Waals surface area contributed by atoms with Crippen LogP contribution in [0.15, 0.2) is 24.8 Å². The SMILES string of the molecule is C=C[C@@H](N)c1cc(C)cc(C#N)c1O. The third-order valence-electron chi connectivity index (χ3n) is 2.02. The predicted molar refractivity (Wildman–Crippen MR) is 54.7 cm³/mol. The molecule has 0 saturated carbocycles. The number of benzene rings is 1. The van der Waals surface area contributed by atoms with Gasteiger partial charge in [0.05, 0.1) is 11.6 Å². The summed E-state index contributed by atoms with van der Waals surface area (Å²) in [7, 11) is 0. The van der Waals surface area contributed by atoms with Gasteiger partial charge in [0, 0.05) is 5.56 Å². The molecule has 0 amide bonds. The molecule has 0 aliphatic rings. The molecule has 14 heavy (non-hydrogen) atoms. The maximum atomic E-state index is 9.66. The van der Waals surface area contributed by atoms with Crippen molar-refractivity contribution in [3.8, 4) is 11.8 Å². The van der Waals surface area contributed by atoms with E-state index in [0.717, 1.165) is 5.56 Å². The Morgan fingerprint density at radius 1 is 1.64 bits per heavy atom. The quantitative estimate of drug-likeness (QED) is 0.695. The molecule has 0 unspecified atom stereocenters. The molecule has 0 fully saturated rings. The van der Waals surface area contributed by atoms with Crippen LogP contribution in [0.25, 0.3) is 0 Å². The minimum absolute atomic E-state index is 0.0505. The molecule has 0 spiro atoms. The maximum absolute atomic E-state index is 9.66. The highest BCUT2D eigenvalue weighted by Crippen LogP contribution is 2.28. The lowest BCUT2D eigenvalue weighted by atomic mass is 10.00. The molecule has 0 aliphatic heterocycles. The van der Waals surface area contributed by atoms with Crippen LogP contribution in [-0.2, 0) is 0 Å². The summed E-state index contributed by atoms with van der Waals surface area (Å²) in [6.45, 7) is 5.39. The molecular formula is C11H12N2O. The molecule has 0 radical (unpaired) electrons. The summed E-state index contributed by atoms with van der Waals surface area (Å²) in [5.74, 6) is -0.0505. The summed E-state index contributed by atoms with van der Waals surface area (Å²) < 4.78 is 0. The number of nitrogens with two attached hydrogens (primary N) is 1. The van der Waals surface area contributed by atoms with Crippen molar-refractivity contribution in [2.45, 2.75) is 13.0 Å². The summed E-state index contributed by atoms with van der Waals surface area (Å²) in [6.07, 6.45) is 1.52. The molecule has 1 aromatic carbocycles. The average molecular weight is 188 g/mol. The number of nitrogens with zero attached hydrogens (tertiary/aromatic N) is 1. The Bertz CT molecular complexity index is 404. The molecule has 1 aromatic rings. The van der Waals surface area contributed by atoms with E-state index < -0.39 is 6.04 Å². The van der Waals surface area contributed by atoms with Gasteiger partial charge in [-0.15, -0.1) is 6.58 Å². The van der Waals surface area contributed by atoms with Crippen molar-refractivity contribution < 1.29 is 5.11 Å². The zero-order valence-corrected chi connectivity index (χ0v) is 7.99. The number of hydrogen-bond acceptors (Lipinski definition) is 3. The Morgan fingerprint density at radius 3 is 2.79 bits per heavy atom. The van der Waals surface area contributed by atoms with Gasteiger partial charge in [-0.25, -0.2) is 0 Å². The van der Waals surface area contributed by atoms with Gasteiger partial charge >= 0.3 is 0 Å². The Kier molecular flexibility index (Phi) is 2.90. The Hall–Kier alpha value is -1.79. The van der Waals surface area contributed by atoms with Crippen LogP contribution in [0.5, 0.6) is 5.75 Å². The van der Waals surface area contributed by atoms with Gasteiger partial charge in [0.1, 0.15) is 11.8 Å². The van der Waals surface area contributed by atoms with Crippen LogP contribution in [0.2, 0.25) is 0 Å². The van der Waals surface area contributed by atoms with Gasteiger partial charge in [-0.05, 0) is 18.6 Å². The first-order chi connectivity index (χ1) is 6.60. The molecule has 72 valence electrons. The van der Waals surface area contributed by atoms with Gasteiger partial charge in [0.25, 0.3) is 0 Å². The molecule has 1 rings (SSSR count). The van der Waals surface area contributed by atoms with Gasteiger partial charge in [0.15, 0.2) is 0 Å². The van der Waals surface area contributed by atoms with E-state index in [0.29, 0.717) is 5.56 Å². The number of phenols is 1. The van der Waals surface area contributed by atoms with Crippen LogP contribution in [0, 0.1) is 18.3 Å². The molecule has 0 aromatic heterocycles. The molecular weight excluding hydrogens is 176 g/mol. The molecule has 0 aliphatic carbocycles. The van der Waals surface area contributed by atoms with E-state index >= 15 is 0 Å². The largest absolute Gasteiger partial charge is 0.506 e. The number of nitriles is 1. The lowest BCUT2D eigenvalue weighted by Gasteiger charge is -2.11. The average Bonchev–Trinajstić information content (AvgIpc) is 2.19. The van der Waals surface area contributed by atoms with E-state index in [9.17, 15) is 5.11 Å². The zero-order valence-electron chi connectivity index (χ0n) is 7.99. The highest BCUT2D eigenvalue weighted by atomic mass is 16.3. The standard InChI is InChI=1S/C11H12N2O/c1-3-10(13)9-5-7(2)4-8(6-12)11(9)14/h3-5,10,14H,1,13H2,2H3/t10-/m1/s1. The van der Waals surface area contributed by atoms with E-state index in [4.69, 9.17) is 11.0 Å². The van der Waals surface area contributed by atoms with E-state index in [2.05, 4.69) is 6.58 Å². The van der Waals surface area contributed by atoms with E-state index in [1.807, 2.05) is 13.0 Å². The molecule has 0 bridgehead atoms. The van der Waals surface area contributed by atoms with Crippen LogP contribution in [-0.4, -0.2) is 5.11 Å². The normalized spacial score (nSPS) is 11.8. The first-order valence-electron chi connectivity index (χ1n) is 4.22. The number of aryl methyl sites for hydroxylation is 1. The Labute approximate surface area is 83.1 Å². The van der Waals surface area contributed by atoms with Gasteiger partial charge in [-0.2, -0.15) is 5.26 Å². The van der Waals surface area contributed by atoms with Crippen molar-refractivity contribution in [1.29, 1.82) is 5.26 Å². The van der Waals surface area contributed by atoms with E-state index in [1.54, 1.807) is 12.1 Å². The number of aromatic hydroxyl groups is 1. The molecule has 0 saturated heterocycles. The van der Waals surface area contributed by atoms with Gasteiger partial charge < -0.3 is 10.8 Å². The second kappa shape index (κ2) is 3.95. The lowest BCUT2D eigenvalue weighted by molar-refractivity contribution is 0.464. The van der Waals surface area contributed by atoms with Gasteiger partial charge in [-0.1, -0.05) is 12.1 Å². The van der Waals surface area contributed by atoms with Crippen molar-refractivity contribution in [2.75, 3.05) is 0 Å². The molecule has 3 heteroatoms. The Morgan fingerprint density at radius 2 is 2.29 bits per heavy atom. The first-order valence-corrected chi connectivity index (χ1v) is 4.22. The summed E-state index contributed by atoms with van der Waals surface area (Å²) >= 11 is 0. The van der Waals surface area contributed by atoms with Crippen molar-refractivity contribution in [2.24, 2.45) is 5.73 Å². The van der Waals surface area contributed by atoms with E-state index in [-0.39, 0.29) is 11.3 Å². The monoisotopic (exact) mass is 188 g/mol. The van der Waals surface area contributed by atoms with Crippen LogP contribution in [0.3, 0.4) is 0 Å². The second-order valence-electron chi connectivity index (χ2n) is 3.12. The number of hydrogen-bond donors (Lipinski definition) is 2. The Balaban J connectivity index is 3.37. The minimum Gasteiger partial charge on any atom is -0.506 e. The maximum Gasteiger partial charge on any atom is 0.138 e. The smallest absolute Gasteiger partial charge is 0.138 e. The van der Waals surface area contributed by atoms with Crippen molar-refractivity contribution in [3.63, 3.8) is 0 Å². The molecule has 3 nitrogen and oxygen atoms in total. The fourth-order valence-electron chi connectivity index (χ4n) is 1.27. The van der Waals surface area contributed by atoms with Crippen molar-refractivity contribution in [3.05, 3.63) is 41.5 Å². The van der Waals surface area contributed by atoms with Crippen LogP contribution in [0.4, 0.5) is 0 Å². The highest BCUT2D eigenvalue weighted by molar-refractivity contribution is 5.51. The predicted octanol–water partition coefficient (Wildman–Crippen LogP) is 1.76. The zero-order chi connectivity index (χ0) is 10.7. The fraction of sp³-hybridized carbons (Fsp3) is 0.182. The summed E-state index contributed by atoms with van der Waals surface area (Å²) in [5.41, 5.74) is 7.38. The molecule has 3 N–H and O–H groups in total. The lowest BCUT2D eigenvalue weighted by Crippen LogP contribution is -2.07. The summed E-state index contributed by atoms with van der Waals surface area (Å²) in [6, 6.07) is 4.85. The van der Waals surface area contributed by atoms with Crippen LogP contribution < -0.4 is 5.73 Å². The topological polar surface area (TPSA) is 70.0 Å². The first kappa shape index (κ1) is 10.3. The van der Waals surface area contributed by atoms with Gasteiger partial charge in [0.2, 0.25) is 0 Å². The molecule has 1 atom stereocenters. The summed E-state index contributed by atoms with van der Waals surface area (Å²) in [5, 5.41) is 18.4. The van der Waals surface area contributed by atoms with Gasteiger partial charge in [-0.3, -0.25) is 0 Å². The van der Waals surface area contributed by atoms with Crippen molar-refractivity contribution in [1.82, 2.24) is 0 Å². The van der Waals surface area contributed by atoms with E-state index in [1.165, 1.54) is 6.08 Å². The number of phenolic OH excluding ortho intramolecular Hbond substituents is 1. The second-order valence-corrected chi connectivity index (χ2v) is 3.12. The molecule has 0 heterocycles. The highest BCUT2D eigenvalue weighted by Gasteiger charge is 2.12. The third-order valence-corrected chi connectivity index (χ3v) is 2.02. The third kappa shape index (κ3) is 1.76.